The molecule has 0 spiro atoms. The molecule has 2 aliphatic heterocycles. The summed E-state index contributed by atoms with van der Waals surface area (Å²) in [5.74, 6) is -0.591. The molecule has 0 unspecified atom stereocenters. The maximum absolute atomic E-state index is 14.0. The summed E-state index contributed by atoms with van der Waals surface area (Å²) < 4.78 is 26.3. The predicted molar refractivity (Wildman–Crippen MR) is 158 cm³/mol. The van der Waals surface area contributed by atoms with Crippen LogP contribution in [0.15, 0.2) is 96.6 Å². The van der Waals surface area contributed by atoms with E-state index in [0.29, 0.717) is 39.3 Å². The number of anilines is 1. The number of carbonyl (C=O) groups is 2. The molecule has 208 valence electrons. The molecule has 1 saturated heterocycles. The van der Waals surface area contributed by atoms with Crippen LogP contribution in [0.5, 0.6) is 17.2 Å². The van der Waals surface area contributed by atoms with Gasteiger partial charge in [0.2, 0.25) is 0 Å². The van der Waals surface area contributed by atoms with Gasteiger partial charge in [0.05, 0.1) is 21.8 Å². The van der Waals surface area contributed by atoms with Crippen molar-refractivity contribution in [1.29, 1.82) is 0 Å². The quantitative estimate of drug-likeness (QED) is 0.135. The lowest BCUT2D eigenvalue weighted by atomic mass is 9.94. The van der Waals surface area contributed by atoms with Crippen molar-refractivity contribution < 1.29 is 28.6 Å². The van der Waals surface area contributed by atoms with Crippen molar-refractivity contribution in [3.8, 4) is 17.2 Å². The summed E-state index contributed by atoms with van der Waals surface area (Å²) in [6.45, 7) is 1.96. The van der Waals surface area contributed by atoms with Crippen LogP contribution in [0, 0.1) is 5.82 Å². The number of para-hydroxylation sites is 1. The normalized spacial score (nSPS) is 19.2. The first-order valence-corrected chi connectivity index (χ1v) is 14.2. The maximum Gasteiger partial charge on any atom is 0.301 e. The number of fused-ring (bicyclic) bond motifs is 2. The summed E-state index contributed by atoms with van der Waals surface area (Å²) in [5, 5.41) is 11.8. The molecule has 2 aliphatic rings. The van der Waals surface area contributed by atoms with E-state index in [-0.39, 0.29) is 22.6 Å². The van der Waals surface area contributed by atoms with E-state index in [4.69, 9.17) is 9.47 Å². The van der Waals surface area contributed by atoms with Crippen LogP contribution in [0.4, 0.5) is 9.52 Å². The molecule has 1 aromatic heterocycles. The number of ketones is 1. The average Bonchev–Trinajstić information content (AvgIpc) is 3.65. The topological polar surface area (TPSA) is 89.0 Å². The number of aliphatic hydroxyl groups excluding tert-OH is 1. The average molecular weight is 579 g/mol. The minimum absolute atomic E-state index is 0.000738. The van der Waals surface area contributed by atoms with Gasteiger partial charge in [-0.1, -0.05) is 41.7 Å². The Kier molecular flexibility index (Phi) is 6.24. The third-order valence-corrected chi connectivity index (χ3v) is 8.33. The highest BCUT2D eigenvalue weighted by molar-refractivity contribution is 7.22. The number of halogens is 1. The predicted octanol–water partition coefficient (Wildman–Crippen LogP) is 7.18. The number of hydrogen-bond donors (Lipinski definition) is 1. The van der Waals surface area contributed by atoms with E-state index in [1.807, 2.05) is 37.3 Å². The number of thiazole rings is 1. The summed E-state index contributed by atoms with van der Waals surface area (Å²) in [6.07, 6.45) is 0.661. The van der Waals surface area contributed by atoms with Crippen molar-refractivity contribution in [3.05, 3.63) is 119 Å². The molecule has 9 heteroatoms. The number of aromatic nitrogens is 1. The second kappa shape index (κ2) is 10.1. The zero-order valence-corrected chi connectivity index (χ0v) is 23.1. The first-order chi connectivity index (χ1) is 20.4. The minimum atomic E-state index is -1.02. The molecule has 2 atom stereocenters. The van der Waals surface area contributed by atoms with Crippen LogP contribution in [-0.2, 0) is 16.0 Å². The van der Waals surface area contributed by atoms with Gasteiger partial charge >= 0.3 is 5.91 Å². The third-order valence-electron chi connectivity index (χ3n) is 7.31. The van der Waals surface area contributed by atoms with Crippen LogP contribution in [0.3, 0.4) is 0 Å². The summed E-state index contributed by atoms with van der Waals surface area (Å²) in [4.78, 5) is 33.2. The summed E-state index contributed by atoms with van der Waals surface area (Å²) in [6, 6.07) is 24.6. The van der Waals surface area contributed by atoms with E-state index in [9.17, 15) is 19.1 Å². The second-order valence-corrected chi connectivity index (χ2v) is 11.2. The van der Waals surface area contributed by atoms with Crippen molar-refractivity contribution >= 4 is 44.1 Å². The molecule has 1 N–H and O–H groups in total. The van der Waals surface area contributed by atoms with Crippen molar-refractivity contribution in [1.82, 2.24) is 4.98 Å². The number of amides is 1. The van der Waals surface area contributed by atoms with Gasteiger partial charge in [0, 0.05) is 12.0 Å². The van der Waals surface area contributed by atoms with Crippen LogP contribution < -0.4 is 14.4 Å². The van der Waals surface area contributed by atoms with E-state index in [2.05, 4.69) is 4.98 Å². The Morgan fingerprint density at radius 3 is 2.64 bits per heavy atom. The van der Waals surface area contributed by atoms with Gasteiger partial charge in [0.15, 0.2) is 5.13 Å². The molecule has 1 fully saturated rings. The minimum Gasteiger partial charge on any atom is -0.507 e. The molecule has 4 aromatic carbocycles. The molecular weight excluding hydrogens is 555 g/mol. The van der Waals surface area contributed by atoms with Gasteiger partial charge in [0.1, 0.15) is 34.9 Å². The van der Waals surface area contributed by atoms with Gasteiger partial charge in [-0.3, -0.25) is 14.5 Å². The number of carbonyl (C=O) groups excluding carboxylic acids is 2. The van der Waals surface area contributed by atoms with Crippen molar-refractivity contribution in [3.63, 3.8) is 0 Å². The van der Waals surface area contributed by atoms with E-state index in [1.165, 1.54) is 23.1 Å². The van der Waals surface area contributed by atoms with Crippen LogP contribution in [0.25, 0.3) is 16.0 Å². The molecule has 1 amide bonds. The Labute approximate surface area is 244 Å². The highest BCUT2D eigenvalue weighted by Crippen LogP contribution is 2.45. The van der Waals surface area contributed by atoms with E-state index < -0.39 is 23.5 Å². The van der Waals surface area contributed by atoms with Gasteiger partial charge in [0.25, 0.3) is 5.78 Å². The summed E-state index contributed by atoms with van der Waals surface area (Å²) in [5.41, 5.74) is 2.26. The van der Waals surface area contributed by atoms with E-state index in [0.717, 1.165) is 22.6 Å². The van der Waals surface area contributed by atoms with Gasteiger partial charge in [-0.15, -0.1) is 0 Å². The Morgan fingerprint density at radius 1 is 1.00 bits per heavy atom. The lowest BCUT2D eigenvalue weighted by Crippen LogP contribution is -2.29. The van der Waals surface area contributed by atoms with E-state index >= 15 is 0 Å². The summed E-state index contributed by atoms with van der Waals surface area (Å²) >= 11 is 1.10. The fourth-order valence-corrected chi connectivity index (χ4v) is 6.45. The van der Waals surface area contributed by atoms with Crippen molar-refractivity contribution in [2.24, 2.45) is 0 Å². The Bertz CT molecular complexity index is 1920. The fraction of sp³-hybridized carbons (Fsp3) is 0.121. The van der Waals surface area contributed by atoms with Crippen LogP contribution in [0.1, 0.15) is 29.7 Å². The molecule has 3 heterocycles. The SMILES string of the molecule is C[C@H]1Cc2cc(/C(O)=C3\C(=O)C(=O)N(c4nc5ccc(F)cc5s4)[C@@H]3c3cccc(Oc4ccccc4)c3)ccc2O1. The first kappa shape index (κ1) is 25.9. The lowest BCUT2D eigenvalue weighted by Gasteiger charge is -2.23. The maximum atomic E-state index is 14.0. The zero-order valence-electron chi connectivity index (χ0n) is 22.3. The van der Waals surface area contributed by atoms with Gasteiger partial charge in [-0.2, -0.15) is 0 Å². The largest absolute Gasteiger partial charge is 0.507 e. The zero-order chi connectivity index (χ0) is 29.0. The molecular formula is C33H23FN2O5S. The molecule has 0 radical (unpaired) electrons. The number of Topliss-reactive ketones (excluding diaryl/α,β-unsaturated/α-hetero) is 1. The first-order valence-electron chi connectivity index (χ1n) is 13.4. The second-order valence-electron chi connectivity index (χ2n) is 10.2. The lowest BCUT2D eigenvalue weighted by molar-refractivity contribution is -0.132. The van der Waals surface area contributed by atoms with E-state index in [1.54, 1.807) is 42.5 Å². The van der Waals surface area contributed by atoms with Gasteiger partial charge in [-0.05, 0) is 78.7 Å². The van der Waals surface area contributed by atoms with Crippen molar-refractivity contribution in [2.75, 3.05) is 4.90 Å². The molecule has 0 aliphatic carbocycles. The fourth-order valence-electron chi connectivity index (χ4n) is 5.43. The van der Waals surface area contributed by atoms with Crippen LogP contribution >= 0.6 is 11.3 Å². The standard InChI is InChI=1S/C33H23FN2O5S/c1-18-14-21-15-20(10-13-26(21)40-18)30(37)28-29(19-6-5-9-24(16-19)41-23-7-3-2-4-8-23)36(32(39)31(28)38)33-35-25-12-11-22(34)17-27(25)42-33/h2-13,15-18,29,37H,14H2,1H3/b30-28+/t18-,29+/m0/s1. The smallest absolute Gasteiger partial charge is 0.301 e. The number of rotatable bonds is 5. The number of benzene rings is 4. The van der Waals surface area contributed by atoms with Crippen LogP contribution in [0.2, 0.25) is 0 Å². The number of hydrogen-bond acceptors (Lipinski definition) is 7. The Balaban J connectivity index is 1.38. The van der Waals surface area contributed by atoms with Gasteiger partial charge in [-0.25, -0.2) is 9.37 Å². The van der Waals surface area contributed by atoms with Gasteiger partial charge < -0.3 is 14.6 Å². The molecule has 7 rings (SSSR count). The molecule has 7 nitrogen and oxygen atoms in total. The Hall–Kier alpha value is -5.02. The number of ether oxygens (including phenoxy) is 2. The third kappa shape index (κ3) is 4.48. The molecule has 5 aromatic rings. The highest BCUT2D eigenvalue weighted by atomic mass is 32.1. The summed E-state index contributed by atoms with van der Waals surface area (Å²) in [7, 11) is 0. The highest BCUT2D eigenvalue weighted by Gasteiger charge is 2.48. The molecule has 42 heavy (non-hydrogen) atoms. The Morgan fingerprint density at radius 2 is 1.81 bits per heavy atom. The molecule has 0 saturated carbocycles. The van der Waals surface area contributed by atoms with Crippen LogP contribution in [-0.4, -0.2) is 27.9 Å². The monoisotopic (exact) mass is 578 g/mol. The number of aliphatic hydroxyl groups is 1. The molecule has 0 bridgehead atoms. The van der Waals surface area contributed by atoms with Crippen molar-refractivity contribution in [2.45, 2.75) is 25.5 Å². The number of nitrogens with zero attached hydrogens (tertiary/aromatic N) is 2.